The van der Waals surface area contributed by atoms with E-state index in [9.17, 15) is 27.0 Å². The molecule has 0 aliphatic rings. The maximum absolute atomic E-state index is 12.4. The maximum atomic E-state index is 12.4. The van der Waals surface area contributed by atoms with Crippen LogP contribution in [-0.4, -0.2) is 52.5 Å². The minimum atomic E-state index is -4.11. The zero-order chi connectivity index (χ0) is 22.4. The summed E-state index contributed by atoms with van der Waals surface area (Å²) in [6, 6.07) is 12.1. The smallest absolute Gasteiger partial charge is 0.297 e. The van der Waals surface area contributed by atoms with E-state index in [1.807, 2.05) is 13.8 Å². The molecule has 166 valence electrons. The first-order chi connectivity index (χ1) is 14.1. The summed E-state index contributed by atoms with van der Waals surface area (Å²) in [5.41, 5.74) is 1.76. The second kappa shape index (κ2) is 10.5. The molecule has 30 heavy (non-hydrogen) atoms. The van der Waals surface area contributed by atoms with Crippen molar-refractivity contribution in [2.24, 2.45) is 0 Å². The highest BCUT2D eigenvalue weighted by atomic mass is 32.2. The predicted molar refractivity (Wildman–Crippen MR) is 110 cm³/mol. The molecule has 2 aromatic carbocycles. The van der Waals surface area contributed by atoms with Gasteiger partial charge >= 0.3 is 0 Å². The van der Waals surface area contributed by atoms with E-state index in [1.165, 1.54) is 24.3 Å². The van der Waals surface area contributed by atoms with Crippen molar-refractivity contribution < 1.29 is 35.4 Å². The molecule has 0 saturated heterocycles. The van der Waals surface area contributed by atoms with Crippen molar-refractivity contribution in [2.45, 2.75) is 48.7 Å². The van der Waals surface area contributed by atoms with Gasteiger partial charge in [0.1, 0.15) is 12.2 Å². The first-order valence-corrected chi connectivity index (χ1v) is 12.1. The summed E-state index contributed by atoms with van der Waals surface area (Å²) < 4.78 is 59.6. The molecule has 2 rings (SSSR count). The molecule has 0 spiro atoms. The summed E-state index contributed by atoms with van der Waals surface area (Å²) in [5, 5.41) is 19.0. The summed E-state index contributed by atoms with van der Waals surface area (Å²) in [6.07, 6.45) is -2.32. The molecule has 0 aliphatic carbocycles. The first-order valence-electron chi connectivity index (χ1n) is 9.29. The summed E-state index contributed by atoms with van der Waals surface area (Å²) in [4.78, 5) is -0.105. The first kappa shape index (κ1) is 24.4. The Kier molecular flexibility index (Phi) is 8.53. The third-order valence-electron chi connectivity index (χ3n) is 4.36. The molecule has 0 bridgehead atoms. The molecule has 2 atom stereocenters. The number of rotatable bonds is 11. The Labute approximate surface area is 177 Å². The van der Waals surface area contributed by atoms with Crippen molar-refractivity contribution in [3.05, 3.63) is 59.7 Å². The standard InChI is InChI=1S/C20H26O8S2/c1-15-3-9-19(10-4-15)29(23,24)27-17(13-21)7-8-18(14-22)28-30(25,26)20-11-5-16(2)6-12-20/h3-6,9-12,17-18,21-22H,7-8,13-14H2,1-2H3/t17-,18-/m0/s1. The van der Waals surface area contributed by atoms with Crippen LogP contribution in [0.25, 0.3) is 0 Å². The van der Waals surface area contributed by atoms with Crippen LogP contribution in [-0.2, 0) is 28.6 Å². The van der Waals surface area contributed by atoms with Gasteiger partial charge in [0.15, 0.2) is 0 Å². The van der Waals surface area contributed by atoms with Crippen LogP contribution < -0.4 is 0 Å². The van der Waals surface area contributed by atoms with Crippen LogP contribution in [0.2, 0.25) is 0 Å². The van der Waals surface area contributed by atoms with E-state index in [1.54, 1.807) is 24.3 Å². The fourth-order valence-corrected chi connectivity index (χ4v) is 4.78. The lowest BCUT2D eigenvalue weighted by atomic mass is 10.1. The van der Waals surface area contributed by atoms with E-state index >= 15 is 0 Å². The third kappa shape index (κ3) is 6.86. The van der Waals surface area contributed by atoms with Gasteiger partial charge in [-0.3, -0.25) is 8.37 Å². The molecule has 2 N–H and O–H groups in total. The van der Waals surface area contributed by atoms with Crippen molar-refractivity contribution in [2.75, 3.05) is 13.2 Å². The zero-order valence-corrected chi connectivity index (χ0v) is 18.4. The molecule has 10 heteroatoms. The highest BCUT2D eigenvalue weighted by molar-refractivity contribution is 7.87. The average molecular weight is 459 g/mol. The summed E-state index contributed by atoms with van der Waals surface area (Å²) in [6.45, 7) is 2.42. The van der Waals surface area contributed by atoms with Crippen LogP contribution in [0.1, 0.15) is 24.0 Å². The second-order valence-electron chi connectivity index (χ2n) is 6.91. The van der Waals surface area contributed by atoms with Crippen molar-refractivity contribution in [1.82, 2.24) is 0 Å². The van der Waals surface area contributed by atoms with Crippen molar-refractivity contribution in [3.63, 3.8) is 0 Å². The van der Waals surface area contributed by atoms with E-state index in [0.717, 1.165) is 11.1 Å². The fourth-order valence-electron chi connectivity index (χ4n) is 2.59. The van der Waals surface area contributed by atoms with E-state index in [2.05, 4.69) is 0 Å². The number of hydrogen-bond acceptors (Lipinski definition) is 8. The Bertz CT molecular complexity index is 928. The van der Waals surface area contributed by atoms with E-state index in [0.29, 0.717) is 0 Å². The molecule has 0 amide bonds. The minimum absolute atomic E-state index is 0.0454. The van der Waals surface area contributed by atoms with Gasteiger partial charge in [0.25, 0.3) is 20.2 Å². The Hall–Kier alpha value is -1.82. The number of aliphatic hydroxyl groups excluding tert-OH is 2. The Morgan fingerprint density at radius 2 is 0.967 bits per heavy atom. The average Bonchev–Trinajstić information content (AvgIpc) is 2.70. The van der Waals surface area contributed by atoms with Crippen LogP contribution >= 0.6 is 0 Å². The zero-order valence-electron chi connectivity index (χ0n) is 16.8. The normalized spacial score (nSPS) is 14.4. The predicted octanol–water partition coefficient (Wildman–Crippen LogP) is 1.92. The fraction of sp³-hybridized carbons (Fsp3) is 0.400. The molecule has 0 fully saturated rings. The summed E-state index contributed by atoms with van der Waals surface area (Å²) in [7, 11) is -8.21. The SMILES string of the molecule is Cc1ccc(S(=O)(=O)O[C@H](CO)CC[C@@H](CO)OS(=O)(=O)c2ccc(C)cc2)cc1. The number of benzene rings is 2. The molecule has 0 unspecified atom stereocenters. The second-order valence-corrected chi connectivity index (χ2v) is 10.1. The quantitative estimate of drug-likeness (QED) is 0.489. The lowest BCUT2D eigenvalue weighted by Crippen LogP contribution is -2.27. The summed E-state index contributed by atoms with van der Waals surface area (Å²) in [5.74, 6) is 0. The molecule has 0 aliphatic heterocycles. The van der Waals surface area contributed by atoms with Crippen LogP contribution in [0.5, 0.6) is 0 Å². The molecule has 0 aromatic heterocycles. The monoisotopic (exact) mass is 458 g/mol. The molecular weight excluding hydrogens is 432 g/mol. The van der Waals surface area contributed by atoms with Crippen LogP contribution in [0.3, 0.4) is 0 Å². The highest BCUT2D eigenvalue weighted by Crippen LogP contribution is 2.20. The van der Waals surface area contributed by atoms with Gasteiger partial charge in [0.2, 0.25) is 0 Å². The van der Waals surface area contributed by atoms with E-state index in [4.69, 9.17) is 8.37 Å². The molecule has 8 nitrogen and oxygen atoms in total. The van der Waals surface area contributed by atoms with E-state index < -0.39 is 45.7 Å². The van der Waals surface area contributed by atoms with Gasteiger partial charge in [-0.25, -0.2) is 0 Å². The number of aliphatic hydroxyl groups is 2. The lowest BCUT2D eigenvalue weighted by Gasteiger charge is -2.19. The Balaban J connectivity index is 2.01. The summed E-state index contributed by atoms with van der Waals surface area (Å²) >= 11 is 0. The Morgan fingerprint density at radius 3 is 1.23 bits per heavy atom. The van der Waals surface area contributed by atoms with E-state index in [-0.39, 0.29) is 22.6 Å². The van der Waals surface area contributed by atoms with Crippen LogP contribution in [0.4, 0.5) is 0 Å². The molecule has 0 radical (unpaired) electrons. The molecular formula is C20H26O8S2. The molecule has 2 aromatic rings. The largest absolute Gasteiger partial charge is 0.394 e. The Morgan fingerprint density at radius 1 is 0.667 bits per heavy atom. The van der Waals surface area contributed by atoms with Gasteiger partial charge in [-0.1, -0.05) is 35.4 Å². The highest BCUT2D eigenvalue weighted by Gasteiger charge is 2.25. The van der Waals surface area contributed by atoms with Gasteiger partial charge in [-0.2, -0.15) is 16.8 Å². The van der Waals surface area contributed by atoms with Crippen molar-refractivity contribution in [3.8, 4) is 0 Å². The van der Waals surface area contributed by atoms with Gasteiger partial charge in [0.05, 0.1) is 23.0 Å². The van der Waals surface area contributed by atoms with Gasteiger partial charge < -0.3 is 10.2 Å². The van der Waals surface area contributed by atoms with Crippen molar-refractivity contribution >= 4 is 20.2 Å². The van der Waals surface area contributed by atoms with Crippen molar-refractivity contribution in [1.29, 1.82) is 0 Å². The molecule has 0 heterocycles. The topological polar surface area (TPSA) is 127 Å². The minimum Gasteiger partial charge on any atom is -0.394 e. The molecule has 0 saturated carbocycles. The third-order valence-corrected chi connectivity index (χ3v) is 7.11. The number of hydrogen-bond donors (Lipinski definition) is 2. The lowest BCUT2D eigenvalue weighted by molar-refractivity contribution is 0.0754. The van der Waals surface area contributed by atoms with Gasteiger partial charge in [0, 0.05) is 0 Å². The van der Waals surface area contributed by atoms with Gasteiger partial charge in [-0.05, 0) is 51.0 Å². The van der Waals surface area contributed by atoms with Crippen LogP contribution in [0.15, 0.2) is 58.3 Å². The number of aryl methyl sites for hydroxylation is 2. The van der Waals surface area contributed by atoms with Gasteiger partial charge in [-0.15, -0.1) is 0 Å². The van der Waals surface area contributed by atoms with Crippen LogP contribution in [0, 0.1) is 13.8 Å². The maximum Gasteiger partial charge on any atom is 0.297 e.